The van der Waals surface area contributed by atoms with Gasteiger partial charge in [-0.25, -0.2) is 4.98 Å². The number of aromatic nitrogens is 1. The third kappa shape index (κ3) is 4.65. The molecule has 0 spiro atoms. The van der Waals surface area contributed by atoms with E-state index in [1.807, 2.05) is 54.8 Å². The van der Waals surface area contributed by atoms with Crippen LogP contribution in [0.2, 0.25) is 0 Å². The van der Waals surface area contributed by atoms with Gasteiger partial charge < -0.3 is 10.1 Å². The largest absolute Gasteiger partial charge is 0.496 e. The van der Waals surface area contributed by atoms with E-state index in [0.29, 0.717) is 5.13 Å². The maximum atomic E-state index is 12.4. The van der Waals surface area contributed by atoms with Crippen molar-refractivity contribution >= 4 is 34.1 Å². The van der Waals surface area contributed by atoms with Crippen molar-refractivity contribution in [3.05, 3.63) is 65.5 Å². The topological polar surface area (TPSA) is 51.2 Å². The van der Waals surface area contributed by atoms with Crippen LogP contribution in [-0.4, -0.2) is 23.3 Å². The van der Waals surface area contributed by atoms with Crippen molar-refractivity contribution in [2.75, 3.05) is 12.4 Å². The summed E-state index contributed by atoms with van der Waals surface area (Å²) < 4.78 is 5.38. The predicted molar refractivity (Wildman–Crippen MR) is 110 cm³/mol. The van der Waals surface area contributed by atoms with Crippen molar-refractivity contribution in [1.29, 1.82) is 0 Å². The third-order valence-corrected chi connectivity index (χ3v) is 5.80. The van der Waals surface area contributed by atoms with E-state index in [9.17, 15) is 4.79 Å². The molecule has 1 amide bonds. The molecule has 2 aromatic carbocycles. The first kappa shape index (κ1) is 18.5. The van der Waals surface area contributed by atoms with Gasteiger partial charge in [0, 0.05) is 16.7 Å². The van der Waals surface area contributed by atoms with Crippen molar-refractivity contribution in [3.63, 3.8) is 0 Å². The molecule has 26 heavy (non-hydrogen) atoms. The number of nitrogens with one attached hydrogen (secondary N) is 1. The quantitative estimate of drug-likeness (QED) is 0.617. The van der Waals surface area contributed by atoms with Crippen LogP contribution in [0.15, 0.2) is 60.0 Å². The average Bonchev–Trinajstić information content (AvgIpc) is 3.15. The minimum atomic E-state index is -0.159. The van der Waals surface area contributed by atoms with Gasteiger partial charge in [0.15, 0.2) is 5.13 Å². The van der Waals surface area contributed by atoms with Crippen LogP contribution in [0.25, 0.3) is 11.3 Å². The molecule has 1 unspecified atom stereocenters. The van der Waals surface area contributed by atoms with Gasteiger partial charge in [0.05, 0.1) is 18.1 Å². The summed E-state index contributed by atoms with van der Waals surface area (Å²) >= 11 is 3.03. The van der Waals surface area contributed by atoms with E-state index in [-0.39, 0.29) is 11.2 Å². The lowest BCUT2D eigenvalue weighted by Gasteiger charge is -2.10. The second kappa shape index (κ2) is 8.87. The molecule has 0 aliphatic heterocycles. The zero-order valence-corrected chi connectivity index (χ0v) is 16.3. The van der Waals surface area contributed by atoms with Crippen LogP contribution in [0.3, 0.4) is 0 Å². The first-order valence-corrected chi connectivity index (χ1v) is 10.2. The van der Waals surface area contributed by atoms with Gasteiger partial charge in [0.25, 0.3) is 0 Å². The summed E-state index contributed by atoms with van der Waals surface area (Å²) in [6.07, 6.45) is 0. The minimum Gasteiger partial charge on any atom is -0.496 e. The maximum Gasteiger partial charge on any atom is 0.238 e. The number of hydrogen-bond donors (Lipinski definition) is 1. The van der Waals surface area contributed by atoms with Crippen LogP contribution in [0.5, 0.6) is 5.75 Å². The van der Waals surface area contributed by atoms with Gasteiger partial charge in [-0.2, -0.15) is 0 Å². The molecule has 1 aromatic heterocycles. The van der Waals surface area contributed by atoms with E-state index < -0.39 is 0 Å². The Hall–Kier alpha value is -2.31. The predicted octanol–water partition coefficient (Wildman–Crippen LogP) is 5.08. The molecule has 0 radical (unpaired) electrons. The van der Waals surface area contributed by atoms with E-state index in [2.05, 4.69) is 22.4 Å². The molecule has 1 heterocycles. The molecule has 1 atom stereocenters. The number of carbonyl (C=O) groups excluding carboxylic acids is 1. The van der Waals surface area contributed by atoms with Gasteiger partial charge in [-0.3, -0.25) is 4.79 Å². The monoisotopic (exact) mass is 384 g/mol. The number of para-hydroxylation sites is 1. The van der Waals surface area contributed by atoms with E-state index in [1.54, 1.807) is 18.9 Å². The maximum absolute atomic E-state index is 12.4. The Morgan fingerprint density at radius 1 is 1.19 bits per heavy atom. The number of rotatable bonds is 7. The Bertz CT molecular complexity index is 865. The molecule has 0 bridgehead atoms. The number of benzene rings is 2. The zero-order valence-electron chi connectivity index (χ0n) is 14.6. The Morgan fingerprint density at radius 3 is 2.69 bits per heavy atom. The lowest BCUT2D eigenvalue weighted by atomic mass is 10.1. The smallest absolute Gasteiger partial charge is 0.238 e. The van der Waals surface area contributed by atoms with Crippen LogP contribution < -0.4 is 10.1 Å². The number of anilines is 1. The summed E-state index contributed by atoms with van der Waals surface area (Å²) in [5, 5.41) is 5.28. The minimum absolute atomic E-state index is 0.0353. The number of nitrogens with zero attached hydrogens (tertiary/aromatic N) is 1. The van der Waals surface area contributed by atoms with Gasteiger partial charge in [-0.05, 0) is 24.6 Å². The number of hydrogen-bond acceptors (Lipinski definition) is 5. The number of thioether (sulfide) groups is 1. The molecular weight excluding hydrogens is 364 g/mol. The highest BCUT2D eigenvalue weighted by atomic mass is 32.2. The number of carbonyl (C=O) groups is 1. The molecular formula is C20H20N2O2S2. The molecule has 3 aromatic rings. The summed E-state index contributed by atoms with van der Waals surface area (Å²) in [5.74, 6) is 1.54. The third-order valence-electron chi connectivity index (χ3n) is 3.83. The highest BCUT2D eigenvalue weighted by molar-refractivity contribution is 7.99. The Morgan fingerprint density at radius 2 is 1.92 bits per heavy atom. The molecule has 134 valence electrons. The molecule has 0 aliphatic carbocycles. The standard InChI is InChI=1S/C20H20N2O2S2/c1-14(25-12-15-8-4-3-5-9-15)19(23)22-20-21-17(13-26-20)16-10-6-7-11-18(16)24-2/h3-11,13-14H,12H2,1-2H3,(H,21,22,23). The highest BCUT2D eigenvalue weighted by Crippen LogP contribution is 2.32. The molecule has 1 N–H and O–H groups in total. The molecule has 0 aliphatic rings. The number of methoxy groups -OCH3 is 1. The fourth-order valence-corrected chi connectivity index (χ4v) is 3.95. The first-order valence-electron chi connectivity index (χ1n) is 8.22. The van der Waals surface area contributed by atoms with E-state index >= 15 is 0 Å². The lowest BCUT2D eigenvalue weighted by Crippen LogP contribution is -2.22. The lowest BCUT2D eigenvalue weighted by molar-refractivity contribution is -0.115. The van der Waals surface area contributed by atoms with Crippen LogP contribution in [-0.2, 0) is 10.5 Å². The van der Waals surface area contributed by atoms with Gasteiger partial charge in [0.1, 0.15) is 5.75 Å². The van der Waals surface area contributed by atoms with Crippen molar-refractivity contribution in [1.82, 2.24) is 4.98 Å². The number of thiazole rings is 1. The van der Waals surface area contributed by atoms with E-state index in [0.717, 1.165) is 22.8 Å². The van der Waals surface area contributed by atoms with E-state index in [4.69, 9.17) is 4.74 Å². The molecule has 3 rings (SSSR count). The Balaban J connectivity index is 1.60. The number of ether oxygens (including phenoxy) is 1. The van der Waals surface area contributed by atoms with Crippen LogP contribution in [0.1, 0.15) is 12.5 Å². The zero-order chi connectivity index (χ0) is 18.4. The summed E-state index contributed by atoms with van der Waals surface area (Å²) in [6, 6.07) is 17.9. The Labute approximate surface area is 161 Å². The van der Waals surface area contributed by atoms with Gasteiger partial charge in [-0.1, -0.05) is 42.5 Å². The first-order chi connectivity index (χ1) is 12.7. The van der Waals surface area contributed by atoms with Crippen molar-refractivity contribution in [2.24, 2.45) is 0 Å². The van der Waals surface area contributed by atoms with Gasteiger partial charge in [-0.15, -0.1) is 23.1 Å². The van der Waals surface area contributed by atoms with Crippen LogP contribution in [0.4, 0.5) is 5.13 Å². The van der Waals surface area contributed by atoms with Crippen LogP contribution in [0, 0.1) is 0 Å². The molecule has 0 saturated heterocycles. The fourth-order valence-electron chi connectivity index (χ4n) is 2.39. The summed E-state index contributed by atoms with van der Waals surface area (Å²) in [5.41, 5.74) is 2.93. The summed E-state index contributed by atoms with van der Waals surface area (Å²) in [7, 11) is 1.64. The molecule has 0 fully saturated rings. The SMILES string of the molecule is COc1ccccc1-c1csc(NC(=O)C(C)SCc2ccccc2)n1. The average molecular weight is 385 g/mol. The highest BCUT2D eigenvalue weighted by Gasteiger charge is 2.16. The molecule has 6 heteroatoms. The van der Waals surface area contributed by atoms with Crippen molar-refractivity contribution < 1.29 is 9.53 Å². The van der Waals surface area contributed by atoms with Gasteiger partial charge >= 0.3 is 0 Å². The fraction of sp³-hybridized carbons (Fsp3) is 0.200. The summed E-state index contributed by atoms with van der Waals surface area (Å²) in [4.78, 5) is 16.9. The molecule has 4 nitrogen and oxygen atoms in total. The van der Waals surface area contributed by atoms with Crippen LogP contribution >= 0.6 is 23.1 Å². The summed E-state index contributed by atoms with van der Waals surface area (Å²) in [6.45, 7) is 1.91. The second-order valence-corrected chi connectivity index (χ2v) is 7.85. The van der Waals surface area contributed by atoms with E-state index in [1.165, 1.54) is 16.9 Å². The van der Waals surface area contributed by atoms with Crippen molar-refractivity contribution in [3.8, 4) is 17.0 Å². The second-order valence-electron chi connectivity index (χ2n) is 5.67. The molecule has 0 saturated carbocycles. The van der Waals surface area contributed by atoms with Crippen molar-refractivity contribution in [2.45, 2.75) is 17.9 Å². The Kier molecular flexibility index (Phi) is 6.30. The number of amides is 1. The normalized spacial score (nSPS) is 11.8. The van der Waals surface area contributed by atoms with Gasteiger partial charge in [0.2, 0.25) is 5.91 Å².